The molecule has 1 saturated carbocycles. The summed E-state index contributed by atoms with van der Waals surface area (Å²) >= 11 is 0. The highest BCUT2D eigenvalue weighted by molar-refractivity contribution is 4.97. The maximum absolute atomic E-state index is 5.45. The third-order valence-corrected chi connectivity index (χ3v) is 3.04. The highest BCUT2D eigenvalue weighted by Gasteiger charge is 2.20. The van der Waals surface area contributed by atoms with Crippen LogP contribution in [0, 0.1) is 18.3 Å². The van der Waals surface area contributed by atoms with E-state index in [0.717, 1.165) is 0 Å². The van der Waals surface area contributed by atoms with E-state index in [1.807, 2.05) is 0 Å². The fourth-order valence-corrected chi connectivity index (χ4v) is 2.01. The molecule has 3 atom stereocenters. The molecular weight excluding hydrogens is 158 g/mol. The maximum atomic E-state index is 5.45. The highest BCUT2D eigenvalue weighted by atomic mass is 14.9. The van der Waals surface area contributed by atoms with Crippen LogP contribution in [0.1, 0.15) is 46.0 Å². The monoisotopic (exact) mass is 179 g/mol. The van der Waals surface area contributed by atoms with Crippen molar-refractivity contribution >= 4 is 0 Å². The lowest BCUT2D eigenvalue weighted by molar-refractivity contribution is 0.306. The first-order valence-corrected chi connectivity index (χ1v) is 5.48. The second-order valence-corrected chi connectivity index (χ2v) is 4.20. The smallest absolute Gasteiger partial charge is 0.0215 e. The van der Waals surface area contributed by atoms with E-state index < -0.39 is 0 Å². The van der Waals surface area contributed by atoms with Gasteiger partial charge in [0.05, 0.1) is 0 Å². The van der Waals surface area contributed by atoms with Gasteiger partial charge in [0, 0.05) is 18.0 Å². The molecule has 0 radical (unpaired) electrons. The number of terminal acetylenes is 1. The molecule has 0 spiro atoms. The zero-order valence-corrected chi connectivity index (χ0v) is 8.84. The molecule has 0 saturated heterocycles. The molecule has 1 fully saturated rings. The van der Waals surface area contributed by atoms with Gasteiger partial charge >= 0.3 is 0 Å². The van der Waals surface area contributed by atoms with Crippen molar-refractivity contribution < 1.29 is 0 Å². The Hall–Kier alpha value is -0.480. The second kappa shape index (κ2) is 5.29. The Bertz CT molecular complexity index is 180. The van der Waals surface area contributed by atoms with Crippen LogP contribution in [-0.4, -0.2) is 12.1 Å². The van der Waals surface area contributed by atoms with Crippen molar-refractivity contribution in [2.24, 2.45) is 5.92 Å². The predicted octanol–water partition coefficient (Wildman–Crippen LogP) is 2.57. The molecule has 1 heteroatoms. The molecule has 1 rings (SSSR count). The van der Waals surface area contributed by atoms with Crippen LogP contribution in [-0.2, 0) is 0 Å². The SMILES string of the molecule is C#CC1CCCC(NC(C)CC)C1. The summed E-state index contributed by atoms with van der Waals surface area (Å²) in [6, 6.07) is 1.31. The van der Waals surface area contributed by atoms with Crippen LogP contribution in [0.2, 0.25) is 0 Å². The van der Waals surface area contributed by atoms with E-state index in [9.17, 15) is 0 Å². The maximum Gasteiger partial charge on any atom is 0.0215 e. The molecule has 0 aliphatic heterocycles. The van der Waals surface area contributed by atoms with E-state index in [2.05, 4.69) is 25.1 Å². The van der Waals surface area contributed by atoms with Crippen LogP contribution in [0.15, 0.2) is 0 Å². The summed E-state index contributed by atoms with van der Waals surface area (Å²) in [6.07, 6.45) is 11.7. The Morgan fingerprint density at radius 2 is 2.31 bits per heavy atom. The topological polar surface area (TPSA) is 12.0 Å². The molecule has 0 aromatic rings. The Morgan fingerprint density at radius 1 is 1.54 bits per heavy atom. The van der Waals surface area contributed by atoms with E-state index in [-0.39, 0.29) is 0 Å². The third kappa shape index (κ3) is 3.40. The third-order valence-electron chi connectivity index (χ3n) is 3.04. The summed E-state index contributed by atoms with van der Waals surface area (Å²) < 4.78 is 0. The molecule has 0 heterocycles. The van der Waals surface area contributed by atoms with Gasteiger partial charge in [-0.25, -0.2) is 0 Å². The molecule has 1 nitrogen and oxygen atoms in total. The standard InChI is InChI=1S/C12H21N/c1-4-10(3)13-12-8-6-7-11(5-2)9-12/h2,10-13H,4,6-9H2,1,3H3. The van der Waals surface area contributed by atoms with Crippen molar-refractivity contribution in [2.75, 3.05) is 0 Å². The van der Waals surface area contributed by atoms with Gasteiger partial charge in [-0.2, -0.15) is 0 Å². The van der Waals surface area contributed by atoms with Gasteiger partial charge in [0.1, 0.15) is 0 Å². The lowest BCUT2D eigenvalue weighted by atomic mass is 9.86. The van der Waals surface area contributed by atoms with E-state index in [0.29, 0.717) is 18.0 Å². The average molecular weight is 179 g/mol. The van der Waals surface area contributed by atoms with Gasteiger partial charge in [0.15, 0.2) is 0 Å². The molecule has 1 aliphatic rings. The van der Waals surface area contributed by atoms with E-state index in [1.54, 1.807) is 0 Å². The van der Waals surface area contributed by atoms with Crippen LogP contribution in [0.3, 0.4) is 0 Å². The molecule has 1 N–H and O–H groups in total. The Kier molecular flexibility index (Phi) is 4.32. The highest BCUT2D eigenvalue weighted by Crippen LogP contribution is 2.23. The lowest BCUT2D eigenvalue weighted by Gasteiger charge is -2.29. The summed E-state index contributed by atoms with van der Waals surface area (Å²) in [4.78, 5) is 0. The van der Waals surface area contributed by atoms with Crippen molar-refractivity contribution in [1.82, 2.24) is 5.32 Å². The van der Waals surface area contributed by atoms with Crippen molar-refractivity contribution in [2.45, 2.75) is 58.0 Å². The van der Waals surface area contributed by atoms with Gasteiger partial charge in [-0.15, -0.1) is 12.3 Å². The predicted molar refractivity (Wildman–Crippen MR) is 57.5 cm³/mol. The van der Waals surface area contributed by atoms with Crippen LogP contribution >= 0.6 is 0 Å². The van der Waals surface area contributed by atoms with Crippen LogP contribution in [0.25, 0.3) is 0 Å². The molecule has 0 aromatic carbocycles. The summed E-state index contributed by atoms with van der Waals surface area (Å²) in [5.74, 6) is 3.41. The summed E-state index contributed by atoms with van der Waals surface area (Å²) in [5.41, 5.74) is 0. The molecule has 3 unspecified atom stereocenters. The minimum absolute atomic E-state index is 0.523. The summed E-state index contributed by atoms with van der Waals surface area (Å²) in [6.45, 7) is 4.47. The van der Waals surface area contributed by atoms with E-state index in [1.165, 1.54) is 32.1 Å². The Labute approximate surface area is 82.3 Å². The molecule has 13 heavy (non-hydrogen) atoms. The fourth-order valence-electron chi connectivity index (χ4n) is 2.01. The van der Waals surface area contributed by atoms with Crippen LogP contribution in [0.4, 0.5) is 0 Å². The van der Waals surface area contributed by atoms with Gasteiger partial charge in [-0.1, -0.05) is 13.3 Å². The number of rotatable bonds is 3. The van der Waals surface area contributed by atoms with Gasteiger partial charge in [-0.05, 0) is 32.6 Å². The normalized spacial score (nSPS) is 30.8. The molecule has 1 aliphatic carbocycles. The van der Waals surface area contributed by atoms with Crippen LogP contribution < -0.4 is 5.32 Å². The Balaban J connectivity index is 2.30. The molecule has 0 aromatic heterocycles. The zero-order valence-electron chi connectivity index (χ0n) is 8.84. The first kappa shape index (κ1) is 10.6. The fraction of sp³-hybridized carbons (Fsp3) is 0.833. The molecule has 0 amide bonds. The van der Waals surface area contributed by atoms with Gasteiger partial charge in [0.25, 0.3) is 0 Å². The number of hydrogen-bond acceptors (Lipinski definition) is 1. The summed E-state index contributed by atoms with van der Waals surface area (Å²) in [5, 5.41) is 3.64. The molecule has 0 bridgehead atoms. The lowest BCUT2D eigenvalue weighted by Crippen LogP contribution is -2.39. The molecular formula is C12H21N. The van der Waals surface area contributed by atoms with Gasteiger partial charge < -0.3 is 5.32 Å². The van der Waals surface area contributed by atoms with E-state index in [4.69, 9.17) is 6.42 Å². The van der Waals surface area contributed by atoms with Crippen molar-refractivity contribution in [1.29, 1.82) is 0 Å². The minimum atomic E-state index is 0.523. The van der Waals surface area contributed by atoms with Crippen molar-refractivity contribution in [3.05, 3.63) is 0 Å². The van der Waals surface area contributed by atoms with Gasteiger partial charge in [0.2, 0.25) is 0 Å². The second-order valence-electron chi connectivity index (χ2n) is 4.20. The number of hydrogen-bond donors (Lipinski definition) is 1. The van der Waals surface area contributed by atoms with E-state index >= 15 is 0 Å². The van der Waals surface area contributed by atoms with Crippen LogP contribution in [0.5, 0.6) is 0 Å². The van der Waals surface area contributed by atoms with Gasteiger partial charge in [-0.3, -0.25) is 0 Å². The largest absolute Gasteiger partial charge is 0.311 e. The molecule has 74 valence electrons. The zero-order chi connectivity index (χ0) is 9.68. The quantitative estimate of drug-likeness (QED) is 0.657. The number of nitrogens with one attached hydrogen (secondary N) is 1. The minimum Gasteiger partial charge on any atom is -0.311 e. The first-order chi connectivity index (χ1) is 6.26. The Morgan fingerprint density at radius 3 is 2.92 bits per heavy atom. The van der Waals surface area contributed by atoms with Crippen molar-refractivity contribution in [3.8, 4) is 12.3 Å². The first-order valence-electron chi connectivity index (χ1n) is 5.48. The van der Waals surface area contributed by atoms with Crippen molar-refractivity contribution in [3.63, 3.8) is 0 Å². The summed E-state index contributed by atoms with van der Waals surface area (Å²) in [7, 11) is 0. The average Bonchev–Trinajstić information content (AvgIpc) is 2.18.